The first-order valence-corrected chi connectivity index (χ1v) is 6.33. The van der Waals surface area contributed by atoms with Crippen molar-refractivity contribution in [3.63, 3.8) is 0 Å². The largest absolute Gasteiger partial charge is 0.508 e. The van der Waals surface area contributed by atoms with Gasteiger partial charge in [0.1, 0.15) is 17.6 Å². The van der Waals surface area contributed by atoms with Crippen LogP contribution in [0.4, 0.5) is 5.82 Å². The Labute approximate surface area is 118 Å². The van der Waals surface area contributed by atoms with E-state index in [1.807, 2.05) is 30.1 Å². The maximum absolute atomic E-state index is 9.27. The number of rotatable bonds is 4. The summed E-state index contributed by atoms with van der Waals surface area (Å²) in [6.45, 7) is 2.09. The van der Waals surface area contributed by atoms with Gasteiger partial charge in [-0.05, 0) is 31.0 Å². The topological polar surface area (TPSA) is 73.0 Å². The van der Waals surface area contributed by atoms with Crippen LogP contribution in [0.5, 0.6) is 5.75 Å². The Morgan fingerprint density at radius 2 is 1.95 bits per heavy atom. The lowest BCUT2D eigenvalue weighted by Gasteiger charge is -2.25. The van der Waals surface area contributed by atoms with E-state index >= 15 is 0 Å². The first-order valence-electron chi connectivity index (χ1n) is 6.33. The fourth-order valence-electron chi connectivity index (χ4n) is 1.90. The normalized spacial score (nSPS) is 11.7. The SMILES string of the molecule is CC(Cc1ccc(O)cc1)N(C)c1cnc(C#N)cn1. The smallest absolute Gasteiger partial charge is 0.158 e. The quantitative estimate of drug-likeness (QED) is 0.919. The van der Waals surface area contributed by atoms with Crippen LogP contribution in [0, 0.1) is 11.3 Å². The molecule has 0 aliphatic carbocycles. The highest BCUT2D eigenvalue weighted by molar-refractivity contribution is 5.38. The lowest BCUT2D eigenvalue weighted by atomic mass is 10.1. The van der Waals surface area contributed by atoms with Gasteiger partial charge in [-0.25, -0.2) is 9.97 Å². The number of aromatic nitrogens is 2. The van der Waals surface area contributed by atoms with Crippen LogP contribution in [-0.4, -0.2) is 28.2 Å². The van der Waals surface area contributed by atoms with Gasteiger partial charge in [0.15, 0.2) is 5.69 Å². The standard InChI is InChI=1S/C15H16N4O/c1-11(7-12-3-5-14(20)6-4-12)19(2)15-10-17-13(8-16)9-18-15/h3-6,9-11,20H,7H2,1-2H3. The highest BCUT2D eigenvalue weighted by Crippen LogP contribution is 2.16. The minimum Gasteiger partial charge on any atom is -0.508 e. The number of benzene rings is 1. The van der Waals surface area contributed by atoms with E-state index in [-0.39, 0.29) is 11.8 Å². The third kappa shape index (κ3) is 3.23. The van der Waals surface area contributed by atoms with Gasteiger partial charge < -0.3 is 10.0 Å². The molecule has 0 saturated heterocycles. The van der Waals surface area contributed by atoms with Crippen molar-refractivity contribution < 1.29 is 5.11 Å². The van der Waals surface area contributed by atoms with Crippen molar-refractivity contribution in [2.24, 2.45) is 0 Å². The summed E-state index contributed by atoms with van der Waals surface area (Å²) in [5, 5.41) is 18.0. The summed E-state index contributed by atoms with van der Waals surface area (Å²) < 4.78 is 0. The number of nitriles is 1. The lowest BCUT2D eigenvalue weighted by Crippen LogP contribution is -2.31. The number of hydrogen-bond donors (Lipinski definition) is 1. The molecule has 0 spiro atoms. The molecular formula is C15H16N4O. The molecule has 0 fully saturated rings. The van der Waals surface area contributed by atoms with E-state index in [0.717, 1.165) is 17.8 Å². The third-order valence-corrected chi connectivity index (χ3v) is 3.24. The summed E-state index contributed by atoms with van der Waals surface area (Å²) in [7, 11) is 1.95. The first kappa shape index (κ1) is 13.8. The Hall–Kier alpha value is -2.61. The molecule has 0 radical (unpaired) electrons. The van der Waals surface area contributed by atoms with Gasteiger partial charge in [0.25, 0.3) is 0 Å². The third-order valence-electron chi connectivity index (χ3n) is 3.24. The van der Waals surface area contributed by atoms with Crippen molar-refractivity contribution in [1.29, 1.82) is 5.26 Å². The van der Waals surface area contributed by atoms with Crippen molar-refractivity contribution in [2.45, 2.75) is 19.4 Å². The monoisotopic (exact) mass is 268 g/mol. The van der Waals surface area contributed by atoms with Crippen LogP contribution >= 0.6 is 0 Å². The van der Waals surface area contributed by atoms with Crippen LogP contribution in [0.1, 0.15) is 18.2 Å². The van der Waals surface area contributed by atoms with Crippen LogP contribution in [0.15, 0.2) is 36.7 Å². The molecule has 1 aromatic carbocycles. The highest BCUT2D eigenvalue weighted by Gasteiger charge is 2.12. The van der Waals surface area contributed by atoms with Crippen LogP contribution < -0.4 is 4.90 Å². The number of anilines is 1. The Bertz CT molecular complexity index is 601. The molecule has 1 atom stereocenters. The van der Waals surface area contributed by atoms with Gasteiger partial charge in [0.2, 0.25) is 0 Å². The fraction of sp³-hybridized carbons (Fsp3) is 0.267. The summed E-state index contributed by atoms with van der Waals surface area (Å²) in [6, 6.07) is 9.36. The average Bonchev–Trinajstić information content (AvgIpc) is 2.49. The molecule has 20 heavy (non-hydrogen) atoms. The number of phenolic OH excluding ortho intramolecular Hbond substituents is 1. The average molecular weight is 268 g/mol. The second-order valence-electron chi connectivity index (χ2n) is 4.70. The van der Waals surface area contributed by atoms with Crippen molar-refractivity contribution in [3.05, 3.63) is 47.9 Å². The zero-order chi connectivity index (χ0) is 14.5. The van der Waals surface area contributed by atoms with E-state index in [9.17, 15) is 5.11 Å². The van der Waals surface area contributed by atoms with Gasteiger partial charge in [-0.1, -0.05) is 12.1 Å². The lowest BCUT2D eigenvalue weighted by molar-refractivity contribution is 0.475. The van der Waals surface area contributed by atoms with Crippen molar-refractivity contribution in [2.75, 3.05) is 11.9 Å². The van der Waals surface area contributed by atoms with E-state index in [1.165, 1.54) is 6.20 Å². The van der Waals surface area contributed by atoms with E-state index in [2.05, 4.69) is 16.9 Å². The minimum absolute atomic E-state index is 0.224. The summed E-state index contributed by atoms with van der Waals surface area (Å²) in [5.41, 5.74) is 1.46. The number of aromatic hydroxyl groups is 1. The predicted molar refractivity (Wildman–Crippen MR) is 76.4 cm³/mol. The summed E-state index contributed by atoms with van der Waals surface area (Å²) in [5.74, 6) is 1.00. The molecule has 1 aromatic heterocycles. The summed E-state index contributed by atoms with van der Waals surface area (Å²) in [6.07, 6.45) is 3.91. The second kappa shape index (κ2) is 6.02. The van der Waals surface area contributed by atoms with E-state index in [4.69, 9.17) is 5.26 Å². The van der Waals surface area contributed by atoms with Gasteiger partial charge in [-0.15, -0.1) is 0 Å². The maximum Gasteiger partial charge on any atom is 0.158 e. The van der Waals surface area contributed by atoms with Gasteiger partial charge >= 0.3 is 0 Å². The summed E-state index contributed by atoms with van der Waals surface area (Å²) >= 11 is 0. The Morgan fingerprint density at radius 3 is 2.50 bits per heavy atom. The highest BCUT2D eigenvalue weighted by atomic mass is 16.3. The maximum atomic E-state index is 9.27. The predicted octanol–water partition coefficient (Wildman–Crippen LogP) is 2.12. The van der Waals surface area contributed by atoms with Gasteiger partial charge in [-0.3, -0.25) is 0 Å². The molecular weight excluding hydrogens is 252 g/mol. The molecule has 0 aliphatic heterocycles. The number of nitrogens with zero attached hydrogens (tertiary/aromatic N) is 4. The van der Waals surface area contributed by atoms with E-state index in [0.29, 0.717) is 5.69 Å². The molecule has 5 heteroatoms. The van der Waals surface area contributed by atoms with Crippen molar-refractivity contribution >= 4 is 5.82 Å². The molecule has 1 heterocycles. The van der Waals surface area contributed by atoms with E-state index < -0.39 is 0 Å². The molecule has 0 saturated carbocycles. The van der Waals surface area contributed by atoms with Crippen LogP contribution in [0.3, 0.4) is 0 Å². The van der Waals surface area contributed by atoms with E-state index in [1.54, 1.807) is 18.3 Å². The molecule has 2 rings (SSSR count). The molecule has 102 valence electrons. The Balaban J connectivity index is 2.05. The minimum atomic E-state index is 0.224. The van der Waals surface area contributed by atoms with Gasteiger partial charge in [-0.2, -0.15) is 5.26 Å². The molecule has 1 unspecified atom stereocenters. The second-order valence-corrected chi connectivity index (χ2v) is 4.70. The first-order chi connectivity index (χ1) is 9.60. The fourth-order valence-corrected chi connectivity index (χ4v) is 1.90. The molecule has 5 nitrogen and oxygen atoms in total. The Morgan fingerprint density at radius 1 is 1.25 bits per heavy atom. The number of hydrogen-bond acceptors (Lipinski definition) is 5. The molecule has 0 amide bonds. The number of likely N-dealkylation sites (N-methyl/N-ethyl adjacent to an activating group) is 1. The van der Waals surface area contributed by atoms with Gasteiger partial charge in [0.05, 0.1) is 12.4 Å². The Kier molecular flexibility index (Phi) is 4.16. The number of phenols is 1. The zero-order valence-electron chi connectivity index (χ0n) is 11.5. The zero-order valence-corrected chi connectivity index (χ0v) is 11.5. The molecule has 0 bridgehead atoms. The van der Waals surface area contributed by atoms with Crippen molar-refractivity contribution in [3.8, 4) is 11.8 Å². The molecule has 2 aromatic rings. The van der Waals surface area contributed by atoms with Crippen LogP contribution in [0.25, 0.3) is 0 Å². The van der Waals surface area contributed by atoms with Crippen LogP contribution in [0.2, 0.25) is 0 Å². The van der Waals surface area contributed by atoms with Crippen LogP contribution in [-0.2, 0) is 6.42 Å². The van der Waals surface area contributed by atoms with Gasteiger partial charge in [0, 0.05) is 13.1 Å². The molecule has 0 aliphatic rings. The molecule has 1 N–H and O–H groups in total. The summed E-state index contributed by atoms with van der Waals surface area (Å²) in [4.78, 5) is 10.3. The van der Waals surface area contributed by atoms with Crippen molar-refractivity contribution in [1.82, 2.24) is 9.97 Å².